The number of Topliss-reactive ketones (excluding diaryl/α,β-unsaturated/α-hetero) is 2. The summed E-state index contributed by atoms with van der Waals surface area (Å²) in [7, 11) is 0. The summed E-state index contributed by atoms with van der Waals surface area (Å²) in [5.41, 5.74) is -1.02. The highest BCUT2D eigenvalue weighted by molar-refractivity contribution is 5.93. The Morgan fingerprint density at radius 3 is 2.48 bits per heavy atom. The second kappa shape index (κ2) is 5.54. The molecule has 1 unspecified atom stereocenters. The average molecular weight is 382 g/mol. The van der Waals surface area contributed by atoms with Gasteiger partial charge in [0.05, 0.1) is 5.92 Å². The molecular formula is C21H25F3O3. The maximum atomic E-state index is 15.1. The Labute approximate surface area is 156 Å². The van der Waals surface area contributed by atoms with Crippen LogP contribution in [-0.4, -0.2) is 29.4 Å². The number of alkyl halides is 3. The molecule has 0 radical (unpaired) electrons. The van der Waals surface area contributed by atoms with Crippen LogP contribution in [0.4, 0.5) is 13.2 Å². The maximum Gasteiger partial charge on any atom is 0.289 e. The lowest BCUT2D eigenvalue weighted by Crippen LogP contribution is -2.56. The van der Waals surface area contributed by atoms with Crippen LogP contribution in [0.25, 0.3) is 0 Å². The summed E-state index contributed by atoms with van der Waals surface area (Å²) in [5.74, 6) is -8.46. The third kappa shape index (κ3) is 2.24. The van der Waals surface area contributed by atoms with E-state index < -0.39 is 52.4 Å². The van der Waals surface area contributed by atoms with Crippen molar-refractivity contribution in [1.82, 2.24) is 0 Å². The van der Waals surface area contributed by atoms with E-state index in [2.05, 4.69) is 0 Å². The molecule has 4 aliphatic rings. The molecule has 6 heteroatoms. The molecular weight excluding hydrogens is 357 g/mol. The van der Waals surface area contributed by atoms with E-state index in [1.807, 2.05) is 6.92 Å². The molecule has 0 aliphatic heterocycles. The first-order chi connectivity index (χ1) is 12.4. The van der Waals surface area contributed by atoms with Crippen molar-refractivity contribution in [2.24, 2.45) is 34.5 Å². The zero-order valence-corrected chi connectivity index (χ0v) is 15.9. The highest BCUT2D eigenvalue weighted by Crippen LogP contribution is 2.69. The monoisotopic (exact) mass is 382 g/mol. The molecule has 3 fully saturated rings. The number of allylic oxidation sites excluding steroid dienone is 1. The summed E-state index contributed by atoms with van der Waals surface area (Å²) in [6.07, 6.45) is 0.738. The molecule has 0 aromatic carbocycles. The Balaban J connectivity index is 1.82. The van der Waals surface area contributed by atoms with E-state index in [0.717, 1.165) is 12.5 Å². The van der Waals surface area contributed by atoms with E-state index in [4.69, 9.17) is 0 Å². The van der Waals surface area contributed by atoms with Gasteiger partial charge in [0, 0.05) is 24.7 Å². The van der Waals surface area contributed by atoms with Gasteiger partial charge >= 0.3 is 0 Å². The first-order valence-electron chi connectivity index (χ1n) is 9.73. The summed E-state index contributed by atoms with van der Waals surface area (Å²) in [6, 6.07) is 0. The highest BCUT2D eigenvalue weighted by Gasteiger charge is 2.75. The molecule has 4 aliphatic carbocycles. The van der Waals surface area contributed by atoms with Crippen molar-refractivity contribution in [3.8, 4) is 0 Å². The fourth-order valence-corrected chi connectivity index (χ4v) is 7.14. The third-order valence-corrected chi connectivity index (χ3v) is 8.08. The quantitative estimate of drug-likeness (QED) is 0.686. The molecule has 0 aromatic heterocycles. The second-order valence-corrected chi connectivity index (χ2v) is 9.53. The Morgan fingerprint density at radius 1 is 1.19 bits per heavy atom. The van der Waals surface area contributed by atoms with Crippen LogP contribution < -0.4 is 0 Å². The molecule has 4 rings (SSSR count). The van der Waals surface area contributed by atoms with Crippen molar-refractivity contribution in [3.63, 3.8) is 0 Å². The van der Waals surface area contributed by atoms with Gasteiger partial charge in [-0.1, -0.05) is 19.4 Å². The summed E-state index contributed by atoms with van der Waals surface area (Å²) in [6.45, 7) is 4.50. The van der Waals surface area contributed by atoms with Gasteiger partial charge in [-0.2, -0.15) is 0 Å². The molecule has 3 nitrogen and oxygen atoms in total. The van der Waals surface area contributed by atoms with Crippen LogP contribution in [0.2, 0.25) is 0 Å². The lowest BCUT2D eigenvalue weighted by atomic mass is 9.46. The number of ketones is 3. The largest absolute Gasteiger partial charge is 0.299 e. The van der Waals surface area contributed by atoms with E-state index in [0.29, 0.717) is 25.7 Å². The van der Waals surface area contributed by atoms with E-state index in [1.165, 1.54) is 6.92 Å². The summed E-state index contributed by atoms with van der Waals surface area (Å²) in [4.78, 5) is 37.1. The number of carbonyl (C=O) groups is 3. The molecule has 0 N–H and O–H groups in total. The molecule has 0 saturated heterocycles. The molecule has 0 bridgehead atoms. The lowest BCUT2D eigenvalue weighted by molar-refractivity contribution is -0.151. The molecule has 0 heterocycles. The summed E-state index contributed by atoms with van der Waals surface area (Å²) < 4.78 is 44.7. The van der Waals surface area contributed by atoms with Crippen LogP contribution in [0.1, 0.15) is 52.9 Å². The van der Waals surface area contributed by atoms with Crippen molar-refractivity contribution in [2.75, 3.05) is 0 Å². The van der Waals surface area contributed by atoms with Gasteiger partial charge in [0.15, 0.2) is 12.0 Å². The van der Waals surface area contributed by atoms with Gasteiger partial charge in [0.1, 0.15) is 11.6 Å². The standard InChI is InChI=1S/C21H25F3O3/c1-10(25)17-20(3)9-14(27)15-13(16(20)18(22)21(17,23)24)5-4-11-8-12(26)6-7-19(11,15)2/h8,13,15-18H,4-7,9H2,1-3H3/t13-,15-,16-,17-,18?,19+,20+/m1/s1. The number of carbonyl (C=O) groups excluding carboxylic acids is 3. The highest BCUT2D eigenvalue weighted by atomic mass is 19.3. The Bertz CT molecular complexity index is 773. The van der Waals surface area contributed by atoms with E-state index in [9.17, 15) is 23.2 Å². The lowest BCUT2D eigenvalue weighted by Gasteiger charge is -2.56. The third-order valence-electron chi connectivity index (χ3n) is 8.08. The topological polar surface area (TPSA) is 51.2 Å². The van der Waals surface area contributed by atoms with Crippen LogP contribution in [-0.2, 0) is 14.4 Å². The van der Waals surface area contributed by atoms with Crippen molar-refractivity contribution < 1.29 is 27.6 Å². The molecule has 0 aromatic rings. The van der Waals surface area contributed by atoms with Crippen LogP contribution in [0.3, 0.4) is 0 Å². The first kappa shape index (κ1) is 18.9. The molecule has 0 amide bonds. The zero-order valence-electron chi connectivity index (χ0n) is 15.9. The smallest absolute Gasteiger partial charge is 0.289 e. The Morgan fingerprint density at radius 2 is 1.85 bits per heavy atom. The van der Waals surface area contributed by atoms with E-state index in [-0.39, 0.29) is 18.0 Å². The maximum absolute atomic E-state index is 15.1. The first-order valence-corrected chi connectivity index (χ1v) is 9.73. The molecule has 7 atom stereocenters. The summed E-state index contributed by atoms with van der Waals surface area (Å²) in [5, 5.41) is 0. The zero-order chi connectivity index (χ0) is 19.9. The minimum Gasteiger partial charge on any atom is -0.299 e. The fraction of sp³-hybridized carbons (Fsp3) is 0.762. The van der Waals surface area contributed by atoms with E-state index in [1.54, 1.807) is 6.08 Å². The Kier molecular flexibility index (Phi) is 3.88. The normalized spacial score (nSPS) is 48.4. The van der Waals surface area contributed by atoms with Gasteiger partial charge in [-0.15, -0.1) is 0 Å². The van der Waals surface area contributed by atoms with Crippen LogP contribution in [0, 0.1) is 34.5 Å². The van der Waals surface area contributed by atoms with Gasteiger partial charge in [-0.05, 0) is 49.0 Å². The SMILES string of the molecule is CC(=O)[C@H]1C(F)(F)C(F)[C@H]2[C@@H]3CCC4=CC(=O)CC[C@]4(C)[C@H]3C(=O)C[C@@]21C. The van der Waals surface area contributed by atoms with Crippen LogP contribution in [0.5, 0.6) is 0 Å². The minimum atomic E-state index is -3.75. The number of hydrogen-bond donors (Lipinski definition) is 0. The molecule has 3 saturated carbocycles. The molecule has 0 spiro atoms. The van der Waals surface area contributed by atoms with Gasteiger partial charge in [0.2, 0.25) is 0 Å². The van der Waals surface area contributed by atoms with Crippen molar-refractivity contribution in [2.45, 2.75) is 65.0 Å². The van der Waals surface area contributed by atoms with Crippen molar-refractivity contribution in [3.05, 3.63) is 11.6 Å². The number of rotatable bonds is 1. The van der Waals surface area contributed by atoms with Crippen LogP contribution in [0.15, 0.2) is 11.6 Å². The van der Waals surface area contributed by atoms with Crippen molar-refractivity contribution >= 4 is 17.3 Å². The molecule has 27 heavy (non-hydrogen) atoms. The predicted octanol–water partition coefficient (Wildman–Crippen LogP) is 4.10. The van der Waals surface area contributed by atoms with Crippen molar-refractivity contribution in [1.29, 1.82) is 0 Å². The number of hydrogen-bond acceptors (Lipinski definition) is 3. The van der Waals surface area contributed by atoms with Gasteiger partial charge in [-0.25, -0.2) is 13.2 Å². The minimum absolute atomic E-state index is 0.0291. The summed E-state index contributed by atoms with van der Waals surface area (Å²) >= 11 is 0. The van der Waals surface area contributed by atoms with Gasteiger partial charge in [0.25, 0.3) is 5.92 Å². The van der Waals surface area contributed by atoms with Gasteiger partial charge in [-0.3, -0.25) is 14.4 Å². The fourth-order valence-electron chi connectivity index (χ4n) is 7.14. The predicted molar refractivity (Wildman–Crippen MR) is 91.9 cm³/mol. The number of halogens is 3. The number of fused-ring (bicyclic) bond motifs is 5. The second-order valence-electron chi connectivity index (χ2n) is 9.53. The average Bonchev–Trinajstić information content (AvgIpc) is 2.69. The Hall–Kier alpha value is -1.46. The van der Waals surface area contributed by atoms with E-state index >= 15 is 4.39 Å². The van der Waals surface area contributed by atoms with Crippen LogP contribution >= 0.6 is 0 Å². The molecule has 148 valence electrons. The van der Waals surface area contributed by atoms with Gasteiger partial charge < -0.3 is 0 Å².